The molecule has 0 saturated heterocycles. The molecule has 2 aromatic rings. The molecule has 4 nitrogen and oxygen atoms in total. The van der Waals surface area contributed by atoms with Crippen LogP contribution < -0.4 is 5.32 Å². The van der Waals surface area contributed by atoms with Gasteiger partial charge in [0.2, 0.25) is 0 Å². The minimum atomic E-state index is -1.36. The highest BCUT2D eigenvalue weighted by molar-refractivity contribution is 6.31. The van der Waals surface area contributed by atoms with Crippen LogP contribution in [0.25, 0.3) is 0 Å². The number of amides is 1. The van der Waals surface area contributed by atoms with Gasteiger partial charge in [-0.15, -0.1) is 0 Å². The number of carbonyl (C=O) groups excluding carboxylic acids is 1. The summed E-state index contributed by atoms with van der Waals surface area (Å²) >= 11 is 5.97. The summed E-state index contributed by atoms with van der Waals surface area (Å²) in [7, 11) is 0. The van der Waals surface area contributed by atoms with E-state index in [4.69, 9.17) is 11.6 Å². The molecule has 0 radical (unpaired) electrons. The molecule has 1 unspecified atom stereocenters. The summed E-state index contributed by atoms with van der Waals surface area (Å²) in [5, 5.41) is 22.5. The van der Waals surface area contributed by atoms with Gasteiger partial charge < -0.3 is 15.5 Å². The number of carbonyl (C=O) groups is 1. The fourth-order valence-electron chi connectivity index (χ4n) is 2.18. The Hall–Kier alpha value is -1.88. The number of rotatable bonds is 6. The van der Waals surface area contributed by atoms with Crippen molar-refractivity contribution in [3.63, 3.8) is 0 Å². The topological polar surface area (TPSA) is 69.6 Å². The fourth-order valence-corrected chi connectivity index (χ4v) is 2.42. The summed E-state index contributed by atoms with van der Waals surface area (Å²) in [6, 6.07) is 15.7. The van der Waals surface area contributed by atoms with Gasteiger partial charge in [-0.05, 0) is 18.1 Å². The third-order valence-electron chi connectivity index (χ3n) is 3.34. The minimum Gasteiger partial charge on any atom is -0.394 e. The monoisotopic (exact) mass is 319 g/mol. The number of halogens is 1. The lowest BCUT2D eigenvalue weighted by Crippen LogP contribution is -2.41. The lowest BCUT2D eigenvalue weighted by Gasteiger charge is -2.19. The first-order valence-corrected chi connectivity index (χ1v) is 7.37. The molecule has 0 aliphatic rings. The van der Waals surface area contributed by atoms with Crippen LogP contribution in [0.2, 0.25) is 5.02 Å². The SMILES string of the molecule is O=C(NC(CO)Cc1ccccc1)[C@H](O)c1ccccc1Cl. The first-order valence-electron chi connectivity index (χ1n) is 6.99. The number of nitrogens with one attached hydrogen (secondary N) is 1. The van der Waals surface area contributed by atoms with Crippen LogP contribution in [0.5, 0.6) is 0 Å². The zero-order valence-corrected chi connectivity index (χ0v) is 12.7. The van der Waals surface area contributed by atoms with Gasteiger partial charge >= 0.3 is 0 Å². The number of aliphatic hydroxyl groups excluding tert-OH is 2. The van der Waals surface area contributed by atoms with Crippen LogP contribution in [0, 0.1) is 0 Å². The Kier molecular flexibility index (Phi) is 5.95. The predicted octanol–water partition coefficient (Wildman–Crippen LogP) is 2.09. The number of aliphatic hydroxyl groups is 2. The van der Waals surface area contributed by atoms with Crippen LogP contribution in [0.3, 0.4) is 0 Å². The Bertz CT molecular complexity index is 618. The van der Waals surface area contributed by atoms with Crippen molar-refractivity contribution in [2.75, 3.05) is 6.61 Å². The van der Waals surface area contributed by atoms with Gasteiger partial charge in [-0.2, -0.15) is 0 Å². The molecule has 2 aromatic carbocycles. The second kappa shape index (κ2) is 7.94. The van der Waals surface area contributed by atoms with E-state index in [1.165, 1.54) is 0 Å². The Morgan fingerprint density at radius 2 is 1.73 bits per heavy atom. The average molecular weight is 320 g/mol. The number of benzene rings is 2. The van der Waals surface area contributed by atoms with Crippen LogP contribution >= 0.6 is 11.6 Å². The van der Waals surface area contributed by atoms with Crippen LogP contribution in [-0.4, -0.2) is 28.8 Å². The van der Waals surface area contributed by atoms with Crippen LogP contribution in [0.15, 0.2) is 54.6 Å². The molecule has 2 atom stereocenters. The van der Waals surface area contributed by atoms with Gasteiger partial charge in [0.05, 0.1) is 12.6 Å². The van der Waals surface area contributed by atoms with Crippen molar-refractivity contribution < 1.29 is 15.0 Å². The van der Waals surface area contributed by atoms with Crippen LogP contribution in [-0.2, 0) is 11.2 Å². The highest BCUT2D eigenvalue weighted by Crippen LogP contribution is 2.22. The molecule has 116 valence electrons. The highest BCUT2D eigenvalue weighted by Gasteiger charge is 2.22. The van der Waals surface area contributed by atoms with Crippen molar-refractivity contribution in [2.24, 2.45) is 0 Å². The van der Waals surface area contributed by atoms with Crippen molar-refractivity contribution in [2.45, 2.75) is 18.6 Å². The van der Waals surface area contributed by atoms with Gasteiger partial charge in [0.15, 0.2) is 6.10 Å². The molecule has 0 fully saturated rings. The van der Waals surface area contributed by atoms with Crippen molar-refractivity contribution in [3.8, 4) is 0 Å². The molecule has 0 saturated carbocycles. The van der Waals surface area contributed by atoms with Crippen LogP contribution in [0.1, 0.15) is 17.2 Å². The van der Waals surface area contributed by atoms with Gasteiger partial charge in [-0.25, -0.2) is 0 Å². The average Bonchev–Trinajstić information content (AvgIpc) is 2.55. The van der Waals surface area contributed by atoms with Crippen molar-refractivity contribution in [3.05, 3.63) is 70.7 Å². The summed E-state index contributed by atoms with van der Waals surface area (Å²) < 4.78 is 0. The molecule has 2 rings (SSSR count). The third-order valence-corrected chi connectivity index (χ3v) is 3.68. The normalized spacial score (nSPS) is 13.4. The Labute approximate surface area is 134 Å². The summed E-state index contributed by atoms with van der Waals surface area (Å²) in [4.78, 5) is 12.1. The largest absolute Gasteiger partial charge is 0.394 e. The maximum absolute atomic E-state index is 12.1. The molecule has 0 spiro atoms. The van der Waals surface area contributed by atoms with Crippen molar-refractivity contribution in [1.82, 2.24) is 5.32 Å². The van der Waals surface area contributed by atoms with Gasteiger partial charge in [-0.1, -0.05) is 60.1 Å². The molecule has 3 N–H and O–H groups in total. The molecule has 0 heterocycles. The van der Waals surface area contributed by atoms with E-state index in [0.717, 1.165) is 5.56 Å². The van der Waals surface area contributed by atoms with Gasteiger partial charge in [-0.3, -0.25) is 4.79 Å². The lowest BCUT2D eigenvalue weighted by atomic mass is 10.0. The second-order valence-corrected chi connectivity index (χ2v) is 5.41. The first kappa shape index (κ1) is 16.5. The Morgan fingerprint density at radius 3 is 2.36 bits per heavy atom. The van der Waals surface area contributed by atoms with E-state index in [0.29, 0.717) is 17.0 Å². The summed E-state index contributed by atoms with van der Waals surface area (Å²) in [6.45, 7) is -0.212. The smallest absolute Gasteiger partial charge is 0.253 e. The van der Waals surface area contributed by atoms with E-state index in [2.05, 4.69) is 5.32 Å². The van der Waals surface area contributed by atoms with Crippen molar-refractivity contribution in [1.29, 1.82) is 0 Å². The predicted molar refractivity (Wildman–Crippen MR) is 85.6 cm³/mol. The van der Waals surface area contributed by atoms with E-state index < -0.39 is 18.1 Å². The van der Waals surface area contributed by atoms with Crippen molar-refractivity contribution >= 4 is 17.5 Å². The molecular weight excluding hydrogens is 302 g/mol. The molecule has 0 aliphatic carbocycles. The first-order chi connectivity index (χ1) is 10.6. The second-order valence-electron chi connectivity index (χ2n) is 5.00. The zero-order valence-electron chi connectivity index (χ0n) is 11.9. The molecule has 22 heavy (non-hydrogen) atoms. The molecule has 5 heteroatoms. The Balaban J connectivity index is 2.01. The van der Waals surface area contributed by atoms with Gasteiger partial charge in [0.1, 0.15) is 0 Å². The van der Waals surface area contributed by atoms with E-state index in [9.17, 15) is 15.0 Å². The quantitative estimate of drug-likeness (QED) is 0.763. The van der Waals surface area contributed by atoms with E-state index in [-0.39, 0.29) is 6.61 Å². The molecule has 1 amide bonds. The standard InChI is InChI=1S/C17H18ClNO3/c18-15-9-5-4-8-14(15)16(21)17(22)19-13(11-20)10-12-6-2-1-3-7-12/h1-9,13,16,20-21H,10-11H2,(H,19,22)/t13?,16-/m1/s1. The zero-order chi connectivity index (χ0) is 15.9. The molecule has 0 bridgehead atoms. The van der Waals surface area contributed by atoms with E-state index in [1.807, 2.05) is 30.3 Å². The lowest BCUT2D eigenvalue weighted by molar-refractivity contribution is -0.130. The van der Waals surface area contributed by atoms with E-state index in [1.54, 1.807) is 24.3 Å². The molecule has 0 aliphatic heterocycles. The molecule has 0 aromatic heterocycles. The summed E-state index contributed by atoms with van der Waals surface area (Å²) in [5.74, 6) is -0.580. The van der Waals surface area contributed by atoms with Gasteiger partial charge in [0, 0.05) is 10.6 Å². The Morgan fingerprint density at radius 1 is 1.09 bits per heavy atom. The maximum atomic E-state index is 12.1. The minimum absolute atomic E-state index is 0.212. The summed E-state index contributed by atoms with van der Waals surface area (Å²) in [5.41, 5.74) is 1.34. The van der Waals surface area contributed by atoms with Crippen LogP contribution in [0.4, 0.5) is 0 Å². The number of hydrogen-bond donors (Lipinski definition) is 3. The van der Waals surface area contributed by atoms with E-state index >= 15 is 0 Å². The summed E-state index contributed by atoms with van der Waals surface area (Å²) in [6.07, 6.45) is -0.878. The number of hydrogen-bond acceptors (Lipinski definition) is 3. The fraction of sp³-hybridized carbons (Fsp3) is 0.235. The van der Waals surface area contributed by atoms with Gasteiger partial charge in [0.25, 0.3) is 5.91 Å². The maximum Gasteiger partial charge on any atom is 0.253 e. The highest BCUT2D eigenvalue weighted by atomic mass is 35.5. The third kappa shape index (κ3) is 4.31. The molecular formula is C17H18ClNO3.